The van der Waals surface area contributed by atoms with Crippen LogP contribution in [0.2, 0.25) is 0 Å². The van der Waals surface area contributed by atoms with E-state index in [1.165, 1.54) is 11.3 Å². The standard InChI is InChI=1S/C21H26N4O2S/c1-5-6-8-16-21(19(22)26,9-7-10-23-16)20-25-24-18(28-20)15-11-13(2)17(27-4)14(3)12-15/h7,9-12,16H,5-6,8H2,1-4H3,(H2,22,26). The number of nitrogens with two attached hydrogens (primary N) is 1. The number of hydrogen-bond acceptors (Lipinski definition) is 6. The van der Waals surface area contributed by atoms with Crippen LogP contribution in [0.25, 0.3) is 10.6 Å². The van der Waals surface area contributed by atoms with E-state index in [-0.39, 0.29) is 6.04 Å². The zero-order chi connectivity index (χ0) is 20.3. The summed E-state index contributed by atoms with van der Waals surface area (Å²) in [7, 11) is 1.67. The van der Waals surface area contributed by atoms with Gasteiger partial charge in [0.25, 0.3) is 0 Å². The maximum atomic E-state index is 12.6. The van der Waals surface area contributed by atoms with Crippen LogP contribution in [-0.2, 0) is 10.2 Å². The highest BCUT2D eigenvalue weighted by molar-refractivity contribution is 7.15. The minimum absolute atomic E-state index is 0.255. The molecule has 1 aliphatic heterocycles. The first kappa shape index (κ1) is 20.2. The van der Waals surface area contributed by atoms with Gasteiger partial charge in [-0.1, -0.05) is 37.2 Å². The minimum atomic E-state index is -1.05. The smallest absolute Gasteiger partial charge is 0.236 e. The van der Waals surface area contributed by atoms with Crippen LogP contribution in [0.3, 0.4) is 0 Å². The Morgan fingerprint density at radius 2 is 2.00 bits per heavy atom. The second-order valence-electron chi connectivity index (χ2n) is 7.10. The Balaban J connectivity index is 2.04. The number of rotatable bonds is 7. The number of nitrogens with zero attached hydrogens (tertiary/aromatic N) is 3. The van der Waals surface area contributed by atoms with Crippen molar-refractivity contribution in [1.82, 2.24) is 10.2 Å². The number of allylic oxidation sites excluding steroid dienone is 1. The van der Waals surface area contributed by atoms with Gasteiger partial charge in [0.1, 0.15) is 21.2 Å². The molecule has 1 aromatic carbocycles. The van der Waals surface area contributed by atoms with E-state index in [2.05, 4.69) is 22.1 Å². The van der Waals surface area contributed by atoms with Crippen molar-refractivity contribution >= 4 is 23.5 Å². The van der Waals surface area contributed by atoms with Gasteiger partial charge in [-0.2, -0.15) is 0 Å². The Kier molecular flexibility index (Phi) is 5.93. The van der Waals surface area contributed by atoms with Crippen LogP contribution in [0, 0.1) is 13.8 Å². The zero-order valence-electron chi connectivity index (χ0n) is 16.7. The summed E-state index contributed by atoms with van der Waals surface area (Å²) < 4.78 is 5.45. The number of dihydropyridines is 1. The minimum Gasteiger partial charge on any atom is -0.496 e. The highest BCUT2D eigenvalue weighted by atomic mass is 32.1. The van der Waals surface area contributed by atoms with Gasteiger partial charge in [0, 0.05) is 11.8 Å². The molecule has 2 N–H and O–H groups in total. The molecule has 0 radical (unpaired) electrons. The Bertz CT molecular complexity index is 911. The van der Waals surface area contributed by atoms with Crippen LogP contribution in [0.4, 0.5) is 0 Å². The van der Waals surface area contributed by atoms with Crippen molar-refractivity contribution in [2.24, 2.45) is 10.7 Å². The van der Waals surface area contributed by atoms with Gasteiger partial charge >= 0.3 is 0 Å². The number of ether oxygens (including phenoxy) is 1. The largest absolute Gasteiger partial charge is 0.496 e. The lowest BCUT2D eigenvalue weighted by atomic mass is 9.76. The highest BCUT2D eigenvalue weighted by Crippen LogP contribution is 2.40. The van der Waals surface area contributed by atoms with E-state index < -0.39 is 11.3 Å². The average Bonchev–Trinajstić information content (AvgIpc) is 3.16. The van der Waals surface area contributed by atoms with Gasteiger partial charge in [-0.05, 0) is 49.6 Å². The highest BCUT2D eigenvalue weighted by Gasteiger charge is 2.47. The van der Waals surface area contributed by atoms with E-state index in [1.54, 1.807) is 19.4 Å². The quantitative estimate of drug-likeness (QED) is 0.769. The van der Waals surface area contributed by atoms with Crippen molar-refractivity contribution in [1.29, 1.82) is 0 Å². The number of benzene rings is 1. The van der Waals surface area contributed by atoms with Gasteiger partial charge < -0.3 is 10.5 Å². The van der Waals surface area contributed by atoms with Crippen molar-refractivity contribution in [3.8, 4) is 16.3 Å². The lowest BCUT2D eigenvalue weighted by Crippen LogP contribution is -2.49. The predicted octanol–water partition coefficient (Wildman–Crippen LogP) is 3.75. The number of methoxy groups -OCH3 is 1. The fourth-order valence-electron chi connectivity index (χ4n) is 3.75. The van der Waals surface area contributed by atoms with Crippen molar-refractivity contribution in [3.63, 3.8) is 0 Å². The molecular formula is C21H26N4O2S. The fraction of sp³-hybridized carbons (Fsp3) is 0.429. The van der Waals surface area contributed by atoms with Crippen molar-refractivity contribution in [2.45, 2.75) is 51.5 Å². The van der Waals surface area contributed by atoms with Crippen LogP contribution in [0.5, 0.6) is 5.75 Å². The van der Waals surface area contributed by atoms with Gasteiger partial charge in [-0.15, -0.1) is 10.2 Å². The normalized spacial score (nSPS) is 21.1. The lowest BCUT2D eigenvalue weighted by molar-refractivity contribution is -0.122. The summed E-state index contributed by atoms with van der Waals surface area (Å²) >= 11 is 1.40. The molecule has 3 rings (SSSR count). The fourth-order valence-corrected chi connectivity index (χ4v) is 4.80. The maximum Gasteiger partial charge on any atom is 0.236 e. The van der Waals surface area contributed by atoms with E-state index in [0.29, 0.717) is 5.01 Å². The van der Waals surface area contributed by atoms with Gasteiger partial charge in [-0.3, -0.25) is 9.79 Å². The summed E-state index contributed by atoms with van der Waals surface area (Å²) in [6, 6.07) is 3.79. The second kappa shape index (κ2) is 8.22. The van der Waals surface area contributed by atoms with E-state index in [0.717, 1.165) is 46.7 Å². The first-order valence-electron chi connectivity index (χ1n) is 9.44. The molecule has 0 saturated heterocycles. The molecule has 0 bridgehead atoms. The molecule has 1 aliphatic rings. The molecule has 0 spiro atoms. The van der Waals surface area contributed by atoms with Gasteiger partial charge in [0.05, 0.1) is 13.2 Å². The monoisotopic (exact) mass is 398 g/mol. The topological polar surface area (TPSA) is 90.5 Å². The van der Waals surface area contributed by atoms with Crippen LogP contribution in [-0.4, -0.2) is 35.5 Å². The molecule has 0 saturated carbocycles. The number of aryl methyl sites for hydroxylation is 2. The third-order valence-corrected chi connectivity index (χ3v) is 6.29. The van der Waals surface area contributed by atoms with Crippen molar-refractivity contribution in [2.75, 3.05) is 7.11 Å². The van der Waals surface area contributed by atoms with E-state index >= 15 is 0 Å². The van der Waals surface area contributed by atoms with Gasteiger partial charge in [-0.25, -0.2) is 0 Å². The summed E-state index contributed by atoms with van der Waals surface area (Å²) in [6.07, 6.45) is 8.10. The summed E-state index contributed by atoms with van der Waals surface area (Å²) in [4.78, 5) is 17.2. The number of carbonyl (C=O) groups is 1. The molecule has 1 aromatic heterocycles. The molecule has 2 unspecified atom stereocenters. The van der Waals surface area contributed by atoms with Crippen LogP contribution in [0.1, 0.15) is 42.3 Å². The van der Waals surface area contributed by atoms with Crippen LogP contribution < -0.4 is 10.5 Å². The number of unbranched alkanes of at least 4 members (excludes halogenated alkanes) is 1. The number of aliphatic imine (C=N–C) groups is 1. The molecule has 28 heavy (non-hydrogen) atoms. The maximum absolute atomic E-state index is 12.6. The Morgan fingerprint density at radius 3 is 2.61 bits per heavy atom. The molecule has 7 heteroatoms. The average molecular weight is 399 g/mol. The van der Waals surface area contributed by atoms with Crippen LogP contribution in [0.15, 0.2) is 29.3 Å². The summed E-state index contributed by atoms with van der Waals surface area (Å²) in [5, 5.41) is 10.1. The number of aromatic nitrogens is 2. The molecule has 0 aliphatic carbocycles. The number of amides is 1. The Labute approximate surface area is 169 Å². The molecule has 148 valence electrons. The second-order valence-corrected chi connectivity index (χ2v) is 8.08. The molecule has 2 atom stereocenters. The summed E-state index contributed by atoms with van der Waals surface area (Å²) in [5.74, 6) is 0.428. The van der Waals surface area contributed by atoms with E-state index in [9.17, 15) is 4.79 Å². The molecule has 0 fully saturated rings. The first-order chi connectivity index (χ1) is 13.4. The number of carbonyl (C=O) groups excluding carboxylic acids is 1. The van der Waals surface area contributed by atoms with E-state index in [1.807, 2.05) is 32.1 Å². The Morgan fingerprint density at radius 1 is 1.29 bits per heavy atom. The molecule has 2 heterocycles. The number of primary amides is 1. The first-order valence-corrected chi connectivity index (χ1v) is 10.3. The third-order valence-electron chi connectivity index (χ3n) is 5.17. The molecular weight excluding hydrogens is 372 g/mol. The van der Waals surface area contributed by atoms with E-state index in [4.69, 9.17) is 10.5 Å². The molecule has 1 amide bonds. The summed E-state index contributed by atoms with van der Waals surface area (Å²) in [6.45, 7) is 6.12. The van der Waals surface area contributed by atoms with Gasteiger partial charge in [0.2, 0.25) is 5.91 Å². The Hall–Kier alpha value is -2.54. The van der Waals surface area contributed by atoms with Crippen LogP contribution >= 0.6 is 11.3 Å². The number of hydrogen-bond donors (Lipinski definition) is 1. The lowest BCUT2D eigenvalue weighted by Gasteiger charge is -2.32. The molecule has 6 nitrogen and oxygen atoms in total. The molecule has 2 aromatic rings. The predicted molar refractivity (Wildman–Crippen MR) is 113 cm³/mol. The third kappa shape index (κ3) is 3.46. The van der Waals surface area contributed by atoms with Crippen molar-refractivity contribution in [3.05, 3.63) is 40.4 Å². The zero-order valence-corrected chi connectivity index (χ0v) is 17.5. The van der Waals surface area contributed by atoms with Crippen molar-refractivity contribution < 1.29 is 9.53 Å². The summed E-state index contributed by atoms with van der Waals surface area (Å²) in [5.41, 5.74) is 7.85. The van der Waals surface area contributed by atoms with Gasteiger partial charge in [0.15, 0.2) is 0 Å². The SMILES string of the molecule is CCCCC1N=CC=CC1(C(N)=O)c1nnc(-c2cc(C)c(OC)c(C)c2)s1.